The highest BCUT2D eigenvalue weighted by atomic mass is 79.9. The van der Waals surface area contributed by atoms with E-state index in [1.54, 1.807) is 6.07 Å². The smallest absolute Gasteiger partial charge is 0.244 e. The van der Waals surface area contributed by atoms with Crippen molar-refractivity contribution in [3.63, 3.8) is 0 Å². The highest BCUT2D eigenvalue weighted by molar-refractivity contribution is 9.10. The molecule has 1 saturated carbocycles. The maximum absolute atomic E-state index is 12.1. The maximum atomic E-state index is 12.1. The molecule has 1 amide bonds. The lowest BCUT2D eigenvalue weighted by Gasteiger charge is -2.06. The van der Waals surface area contributed by atoms with Crippen molar-refractivity contribution >= 4 is 27.6 Å². The third kappa shape index (κ3) is 2.85. The summed E-state index contributed by atoms with van der Waals surface area (Å²) in [6.07, 6.45) is 0.713. The first-order chi connectivity index (χ1) is 9.08. The molecule has 4 nitrogen and oxygen atoms in total. The van der Waals surface area contributed by atoms with Crippen LogP contribution >= 0.6 is 15.9 Å². The van der Waals surface area contributed by atoms with Gasteiger partial charge in [-0.05, 0) is 30.0 Å². The van der Waals surface area contributed by atoms with Crippen LogP contribution in [0.5, 0.6) is 0 Å². The fourth-order valence-corrected chi connectivity index (χ4v) is 2.64. The lowest BCUT2D eigenvalue weighted by atomic mass is 9.98. The van der Waals surface area contributed by atoms with Gasteiger partial charge in [0.25, 0.3) is 0 Å². The van der Waals surface area contributed by atoms with Crippen LogP contribution in [0.15, 0.2) is 28.7 Å². The van der Waals surface area contributed by atoms with E-state index in [1.807, 2.05) is 24.3 Å². The molecular weight excluding hydrogens is 308 g/mol. The van der Waals surface area contributed by atoms with E-state index in [9.17, 15) is 9.59 Å². The number of ketones is 1. The molecule has 1 aromatic rings. The van der Waals surface area contributed by atoms with Crippen molar-refractivity contribution in [2.45, 2.75) is 12.3 Å². The zero-order valence-corrected chi connectivity index (χ0v) is 12.0. The van der Waals surface area contributed by atoms with Crippen LogP contribution in [-0.2, 0) is 9.59 Å². The Morgan fingerprint density at radius 1 is 1.53 bits per heavy atom. The van der Waals surface area contributed by atoms with Crippen molar-refractivity contribution in [3.8, 4) is 6.07 Å². The SMILES string of the molecule is CNC(=O)[C@H](C#N)C(=O)[C@H]1C[C@H]1c1cccc(Br)c1. The van der Waals surface area contributed by atoms with E-state index in [0.29, 0.717) is 6.42 Å². The summed E-state index contributed by atoms with van der Waals surface area (Å²) in [7, 11) is 1.43. The summed E-state index contributed by atoms with van der Waals surface area (Å²) in [5, 5.41) is 11.3. The number of nitrogens with zero attached hydrogens (tertiary/aromatic N) is 1. The summed E-state index contributed by atoms with van der Waals surface area (Å²) in [6.45, 7) is 0. The molecule has 0 radical (unpaired) electrons. The Balaban J connectivity index is 2.09. The quantitative estimate of drug-likeness (QED) is 0.863. The highest BCUT2D eigenvalue weighted by Gasteiger charge is 2.47. The van der Waals surface area contributed by atoms with Gasteiger partial charge < -0.3 is 5.32 Å². The van der Waals surface area contributed by atoms with E-state index in [4.69, 9.17) is 5.26 Å². The molecule has 19 heavy (non-hydrogen) atoms. The number of nitrogens with one attached hydrogen (secondary N) is 1. The molecule has 0 spiro atoms. The highest BCUT2D eigenvalue weighted by Crippen LogP contribution is 2.49. The number of hydrogen-bond acceptors (Lipinski definition) is 3. The summed E-state index contributed by atoms with van der Waals surface area (Å²) >= 11 is 3.39. The normalized spacial score (nSPS) is 22.2. The number of Topliss-reactive ketones (excluding diaryl/α,β-unsaturated/α-hetero) is 1. The molecule has 2 rings (SSSR count). The van der Waals surface area contributed by atoms with Crippen LogP contribution in [0.4, 0.5) is 0 Å². The Kier molecular flexibility index (Phi) is 4.01. The minimum atomic E-state index is -1.19. The molecule has 0 unspecified atom stereocenters. The fourth-order valence-electron chi connectivity index (χ4n) is 2.22. The molecule has 0 aliphatic heterocycles. The predicted molar refractivity (Wildman–Crippen MR) is 73.2 cm³/mol. The zero-order chi connectivity index (χ0) is 14.0. The van der Waals surface area contributed by atoms with Crippen LogP contribution in [0, 0.1) is 23.2 Å². The number of benzene rings is 1. The van der Waals surface area contributed by atoms with Crippen LogP contribution < -0.4 is 5.32 Å². The van der Waals surface area contributed by atoms with Gasteiger partial charge in [0.1, 0.15) is 0 Å². The van der Waals surface area contributed by atoms with E-state index in [2.05, 4.69) is 21.2 Å². The average Bonchev–Trinajstić information content (AvgIpc) is 3.19. The van der Waals surface area contributed by atoms with Crippen molar-refractivity contribution in [1.82, 2.24) is 5.32 Å². The third-order valence-corrected chi connectivity index (χ3v) is 3.85. The van der Waals surface area contributed by atoms with Gasteiger partial charge in [-0.25, -0.2) is 0 Å². The molecule has 3 atom stereocenters. The van der Waals surface area contributed by atoms with E-state index in [-0.39, 0.29) is 17.6 Å². The molecule has 1 N–H and O–H groups in total. The first-order valence-electron chi connectivity index (χ1n) is 5.99. The summed E-state index contributed by atoms with van der Waals surface area (Å²) in [4.78, 5) is 23.6. The van der Waals surface area contributed by atoms with Crippen molar-refractivity contribution < 1.29 is 9.59 Å². The number of halogens is 1. The zero-order valence-electron chi connectivity index (χ0n) is 10.4. The van der Waals surface area contributed by atoms with Gasteiger partial charge in [0.05, 0.1) is 6.07 Å². The molecule has 1 aromatic carbocycles. The third-order valence-electron chi connectivity index (χ3n) is 3.35. The molecule has 1 fully saturated rings. The van der Waals surface area contributed by atoms with Crippen LogP contribution in [0.2, 0.25) is 0 Å². The molecule has 98 valence electrons. The number of nitriles is 1. The Morgan fingerprint density at radius 3 is 2.84 bits per heavy atom. The van der Waals surface area contributed by atoms with E-state index in [0.717, 1.165) is 10.0 Å². The van der Waals surface area contributed by atoms with Crippen LogP contribution in [0.25, 0.3) is 0 Å². The van der Waals surface area contributed by atoms with Crippen molar-refractivity contribution in [2.24, 2.45) is 11.8 Å². The summed E-state index contributed by atoms with van der Waals surface area (Å²) in [6, 6.07) is 9.56. The maximum Gasteiger partial charge on any atom is 0.244 e. The second-order valence-corrected chi connectivity index (χ2v) is 5.50. The number of amides is 1. The lowest BCUT2D eigenvalue weighted by molar-refractivity contribution is -0.132. The van der Waals surface area contributed by atoms with Crippen LogP contribution in [0.3, 0.4) is 0 Å². The summed E-state index contributed by atoms with van der Waals surface area (Å²) in [5.41, 5.74) is 1.07. The monoisotopic (exact) mass is 320 g/mol. The van der Waals surface area contributed by atoms with Gasteiger partial charge in [0.2, 0.25) is 5.91 Å². The summed E-state index contributed by atoms with van der Waals surface area (Å²) < 4.78 is 0.964. The van der Waals surface area contributed by atoms with Crippen molar-refractivity contribution in [1.29, 1.82) is 5.26 Å². The number of carbonyl (C=O) groups is 2. The number of rotatable bonds is 4. The molecule has 0 aromatic heterocycles. The van der Waals surface area contributed by atoms with Gasteiger partial charge in [-0.3, -0.25) is 9.59 Å². The van der Waals surface area contributed by atoms with Gasteiger partial charge >= 0.3 is 0 Å². The van der Waals surface area contributed by atoms with Gasteiger partial charge in [0, 0.05) is 17.4 Å². The Labute approximate surface area is 119 Å². The van der Waals surface area contributed by atoms with Crippen LogP contribution in [0.1, 0.15) is 17.9 Å². The first-order valence-corrected chi connectivity index (χ1v) is 6.78. The van der Waals surface area contributed by atoms with Gasteiger partial charge in [0.15, 0.2) is 11.7 Å². The van der Waals surface area contributed by atoms with Crippen LogP contribution in [-0.4, -0.2) is 18.7 Å². The second kappa shape index (κ2) is 5.54. The Bertz CT molecular complexity index is 565. The standard InChI is InChI=1S/C14H13BrN2O2/c1-17-14(19)12(7-16)13(18)11-6-10(11)8-3-2-4-9(15)5-8/h2-5,10-12H,6H2,1H3,(H,17,19)/t10-,11-,12+/m0/s1. The van der Waals surface area contributed by atoms with E-state index >= 15 is 0 Å². The lowest BCUT2D eigenvalue weighted by Crippen LogP contribution is -2.33. The average molecular weight is 321 g/mol. The molecule has 1 aliphatic carbocycles. The first kappa shape index (κ1) is 13.8. The van der Waals surface area contributed by atoms with Gasteiger partial charge in [-0.2, -0.15) is 5.26 Å². The fraction of sp³-hybridized carbons (Fsp3) is 0.357. The van der Waals surface area contributed by atoms with Gasteiger partial charge in [-0.15, -0.1) is 0 Å². The van der Waals surface area contributed by atoms with Crippen molar-refractivity contribution in [2.75, 3.05) is 7.05 Å². The minimum absolute atomic E-state index is 0.130. The van der Waals surface area contributed by atoms with E-state index in [1.165, 1.54) is 7.05 Å². The van der Waals surface area contributed by atoms with Gasteiger partial charge in [-0.1, -0.05) is 28.1 Å². The number of hydrogen-bond donors (Lipinski definition) is 1. The van der Waals surface area contributed by atoms with E-state index < -0.39 is 11.8 Å². The molecule has 1 aliphatic rings. The predicted octanol–water partition coefficient (Wildman–Crippen LogP) is 2.01. The minimum Gasteiger partial charge on any atom is -0.358 e. The molecule has 0 heterocycles. The second-order valence-electron chi connectivity index (χ2n) is 4.58. The van der Waals surface area contributed by atoms with Crippen molar-refractivity contribution in [3.05, 3.63) is 34.3 Å². The molecule has 5 heteroatoms. The largest absolute Gasteiger partial charge is 0.358 e. The topological polar surface area (TPSA) is 70.0 Å². The summed E-state index contributed by atoms with van der Waals surface area (Å²) in [5.74, 6) is -2.06. The molecule has 0 bridgehead atoms. The molecule has 0 saturated heterocycles. The molecular formula is C14H13BrN2O2. The Hall–Kier alpha value is -1.67. The Morgan fingerprint density at radius 2 is 2.26 bits per heavy atom. The number of carbonyl (C=O) groups excluding carboxylic acids is 2.